The van der Waals surface area contributed by atoms with Crippen molar-refractivity contribution in [1.82, 2.24) is 0 Å². The molecule has 0 bridgehead atoms. The molecule has 1 N–H and O–H groups in total. The summed E-state index contributed by atoms with van der Waals surface area (Å²) in [7, 11) is 0. The van der Waals surface area contributed by atoms with E-state index in [1.165, 1.54) is 42.9 Å². The molecule has 0 amide bonds. The molecule has 1 aliphatic rings. The number of carboxylic acids is 1. The Morgan fingerprint density at radius 1 is 0.933 bits per heavy atom. The minimum absolute atomic E-state index is 0.0633. The van der Waals surface area contributed by atoms with Crippen molar-refractivity contribution < 1.29 is 29.0 Å². The van der Waals surface area contributed by atoms with Crippen LogP contribution in [-0.2, 0) is 4.79 Å². The number of carbonyl (C=O) groups is 3. The standard InChI is InChI=1S/C23H24O6S/c24-21(14-6-1-8-16-9-7-15-30-16)28-20-13-5-3-11-18(20)23(27)29-19-12-4-2-10-17(19)22(25)26/h2-5,10-13,16H,1,6-9,14-15H2,(H,25,26). The van der Waals surface area contributed by atoms with E-state index < -0.39 is 17.9 Å². The van der Waals surface area contributed by atoms with E-state index in [0.29, 0.717) is 5.25 Å². The molecule has 1 heterocycles. The summed E-state index contributed by atoms with van der Waals surface area (Å²) in [5.41, 5.74) is -0.0610. The van der Waals surface area contributed by atoms with E-state index in [0.717, 1.165) is 19.3 Å². The van der Waals surface area contributed by atoms with Crippen molar-refractivity contribution in [3.05, 3.63) is 59.7 Å². The highest BCUT2D eigenvalue weighted by Crippen LogP contribution is 2.30. The molecular weight excluding hydrogens is 404 g/mol. The lowest BCUT2D eigenvalue weighted by Gasteiger charge is -2.11. The molecule has 7 heteroatoms. The normalized spacial score (nSPS) is 15.5. The number of rotatable bonds is 9. The number of hydrogen-bond donors (Lipinski definition) is 1. The summed E-state index contributed by atoms with van der Waals surface area (Å²) in [4.78, 5) is 36.1. The molecule has 1 atom stereocenters. The lowest BCUT2D eigenvalue weighted by Crippen LogP contribution is -2.15. The van der Waals surface area contributed by atoms with Gasteiger partial charge in [0.2, 0.25) is 0 Å². The molecular formula is C23H24O6S. The molecule has 2 aromatic rings. The number of aromatic carboxylic acids is 1. The van der Waals surface area contributed by atoms with Crippen molar-refractivity contribution in [2.45, 2.75) is 43.8 Å². The number of ether oxygens (including phenoxy) is 2. The number of unbranched alkanes of at least 4 members (excludes halogenated alkanes) is 1. The number of hydrogen-bond acceptors (Lipinski definition) is 6. The van der Waals surface area contributed by atoms with Crippen LogP contribution in [0.25, 0.3) is 0 Å². The van der Waals surface area contributed by atoms with Crippen LogP contribution in [0, 0.1) is 0 Å². The largest absolute Gasteiger partial charge is 0.478 e. The molecule has 3 rings (SSSR count). The van der Waals surface area contributed by atoms with Gasteiger partial charge in [-0.1, -0.05) is 30.7 Å². The van der Waals surface area contributed by atoms with Crippen LogP contribution in [0.5, 0.6) is 11.5 Å². The van der Waals surface area contributed by atoms with E-state index in [1.54, 1.807) is 24.3 Å². The summed E-state index contributed by atoms with van der Waals surface area (Å²) in [6.07, 6.45) is 5.65. The number of para-hydroxylation sites is 2. The van der Waals surface area contributed by atoms with Crippen LogP contribution < -0.4 is 9.47 Å². The molecule has 0 radical (unpaired) electrons. The smallest absolute Gasteiger partial charge is 0.347 e. The Balaban J connectivity index is 1.57. The van der Waals surface area contributed by atoms with Gasteiger partial charge in [0.25, 0.3) is 0 Å². The van der Waals surface area contributed by atoms with Gasteiger partial charge in [-0.2, -0.15) is 11.8 Å². The summed E-state index contributed by atoms with van der Waals surface area (Å²) in [5.74, 6) is -1.12. The first-order valence-electron chi connectivity index (χ1n) is 10.0. The minimum Gasteiger partial charge on any atom is -0.478 e. The first kappa shape index (κ1) is 21.9. The average molecular weight is 429 g/mol. The number of carboxylic acid groups (broad SMARTS) is 1. The van der Waals surface area contributed by atoms with Crippen molar-refractivity contribution in [3.8, 4) is 11.5 Å². The van der Waals surface area contributed by atoms with E-state index >= 15 is 0 Å². The molecule has 0 spiro atoms. The highest BCUT2D eigenvalue weighted by atomic mass is 32.2. The molecule has 2 aromatic carbocycles. The van der Waals surface area contributed by atoms with Crippen LogP contribution in [0.2, 0.25) is 0 Å². The van der Waals surface area contributed by atoms with Crippen LogP contribution >= 0.6 is 11.8 Å². The van der Waals surface area contributed by atoms with Gasteiger partial charge in [0.1, 0.15) is 22.6 Å². The first-order chi connectivity index (χ1) is 14.5. The summed E-state index contributed by atoms with van der Waals surface area (Å²) < 4.78 is 10.7. The third-order valence-corrected chi connectivity index (χ3v) is 6.30. The fraction of sp³-hybridized carbons (Fsp3) is 0.348. The molecule has 0 saturated carbocycles. The fourth-order valence-electron chi connectivity index (χ4n) is 3.30. The maximum Gasteiger partial charge on any atom is 0.347 e. The van der Waals surface area contributed by atoms with Crippen LogP contribution in [-0.4, -0.2) is 34.0 Å². The number of thioether (sulfide) groups is 1. The fourth-order valence-corrected chi connectivity index (χ4v) is 4.63. The maximum atomic E-state index is 12.6. The molecule has 6 nitrogen and oxygen atoms in total. The Morgan fingerprint density at radius 2 is 1.60 bits per heavy atom. The zero-order valence-corrected chi connectivity index (χ0v) is 17.4. The van der Waals surface area contributed by atoms with Crippen LogP contribution in [0.4, 0.5) is 0 Å². The predicted octanol–water partition coefficient (Wildman–Crippen LogP) is 4.97. The predicted molar refractivity (Wildman–Crippen MR) is 114 cm³/mol. The van der Waals surface area contributed by atoms with Crippen molar-refractivity contribution in [2.24, 2.45) is 0 Å². The second-order valence-corrected chi connectivity index (χ2v) is 8.45. The monoisotopic (exact) mass is 428 g/mol. The lowest BCUT2D eigenvalue weighted by molar-refractivity contribution is -0.134. The maximum absolute atomic E-state index is 12.6. The molecule has 1 fully saturated rings. The number of carbonyl (C=O) groups excluding carboxylic acids is 2. The second kappa shape index (κ2) is 10.8. The third-order valence-electron chi connectivity index (χ3n) is 4.83. The average Bonchev–Trinajstić information content (AvgIpc) is 3.25. The number of esters is 2. The molecule has 1 aliphatic heterocycles. The molecule has 1 unspecified atom stereocenters. The van der Waals surface area contributed by atoms with Crippen molar-refractivity contribution >= 4 is 29.7 Å². The Bertz CT molecular complexity index is 904. The topological polar surface area (TPSA) is 89.9 Å². The zero-order valence-electron chi connectivity index (χ0n) is 16.5. The molecule has 0 aliphatic carbocycles. The van der Waals surface area contributed by atoms with Gasteiger partial charge in [-0.25, -0.2) is 9.59 Å². The van der Waals surface area contributed by atoms with Gasteiger partial charge in [0.05, 0.1) is 0 Å². The van der Waals surface area contributed by atoms with Crippen LogP contribution in [0.1, 0.15) is 59.2 Å². The molecule has 1 saturated heterocycles. The molecule has 0 aromatic heterocycles. The van der Waals surface area contributed by atoms with E-state index in [2.05, 4.69) is 0 Å². The van der Waals surface area contributed by atoms with Crippen molar-refractivity contribution in [2.75, 3.05) is 5.75 Å². The summed E-state index contributed by atoms with van der Waals surface area (Å²) >= 11 is 2.01. The first-order valence-corrected chi connectivity index (χ1v) is 11.1. The van der Waals surface area contributed by atoms with Crippen LogP contribution in [0.15, 0.2) is 48.5 Å². The van der Waals surface area contributed by atoms with Gasteiger partial charge >= 0.3 is 17.9 Å². The summed E-state index contributed by atoms with van der Waals surface area (Å²) in [6, 6.07) is 12.1. The summed E-state index contributed by atoms with van der Waals surface area (Å²) in [6.45, 7) is 0. The Labute approximate surface area is 179 Å². The Kier molecular flexibility index (Phi) is 7.90. The van der Waals surface area contributed by atoms with E-state index in [1.807, 2.05) is 11.8 Å². The SMILES string of the molecule is O=C(CCCCC1CCCS1)Oc1ccccc1C(=O)Oc1ccccc1C(=O)O. The number of benzene rings is 2. The lowest BCUT2D eigenvalue weighted by atomic mass is 10.1. The van der Waals surface area contributed by atoms with E-state index in [-0.39, 0.29) is 29.0 Å². The van der Waals surface area contributed by atoms with Gasteiger partial charge in [0, 0.05) is 11.7 Å². The second-order valence-electron chi connectivity index (χ2n) is 7.04. The van der Waals surface area contributed by atoms with Gasteiger partial charge in [0.15, 0.2) is 0 Å². The Morgan fingerprint density at radius 3 is 2.27 bits per heavy atom. The van der Waals surface area contributed by atoms with Crippen molar-refractivity contribution in [1.29, 1.82) is 0 Å². The van der Waals surface area contributed by atoms with E-state index in [4.69, 9.17) is 9.47 Å². The third kappa shape index (κ3) is 6.10. The van der Waals surface area contributed by atoms with Crippen molar-refractivity contribution in [3.63, 3.8) is 0 Å². The molecule has 158 valence electrons. The minimum atomic E-state index is -1.20. The van der Waals surface area contributed by atoms with Crippen LogP contribution in [0.3, 0.4) is 0 Å². The molecule has 30 heavy (non-hydrogen) atoms. The quantitative estimate of drug-likeness (QED) is 0.343. The van der Waals surface area contributed by atoms with Gasteiger partial charge in [-0.15, -0.1) is 0 Å². The van der Waals surface area contributed by atoms with Gasteiger partial charge in [-0.05, 0) is 55.7 Å². The van der Waals surface area contributed by atoms with Gasteiger partial charge in [-0.3, -0.25) is 4.79 Å². The highest BCUT2D eigenvalue weighted by Gasteiger charge is 2.20. The van der Waals surface area contributed by atoms with Gasteiger partial charge < -0.3 is 14.6 Å². The Hall–Kier alpha value is -2.80. The highest BCUT2D eigenvalue weighted by molar-refractivity contribution is 8.00. The zero-order chi connectivity index (χ0) is 21.3. The summed E-state index contributed by atoms with van der Waals surface area (Å²) in [5, 5.41) is 9.95. The van der Waals surface area contributed by atoms with E-state index in [9.17, 15) is 19.5 Å².